The highest BCUT2D eigenvalue weighted by Crippen LogP contribution is 2.25. The topological polar surface area (TPSA) is 76.7 Å². The fourth-order valence-electron chi connectivity index (χ4n) is 1.28. The molecule has 0 heterocycles. The molecule has 0 aromatic rings. The summed E-state index contributed by atoms with van der Waals surface area (Å²) in [6.07, 6.45) is 0.781. The zero-order valence-corrected chi connectivity index (χ0v) is 16.5. The van der Waals surface area contributed by atoms with Crippen LogP contribution < -0.4 is 10.6 Å². The van der Waals surface area contributed by atoms with Gasteiger partial charge in [0.1, 0.15) is 12.5 Å². The van der Waals surface area contributed by atoms with Crippen LogP contribution >= 0.6 is 21.6 Å². The van der Waals surface area contributed by atoms with Crippen LogP contribution in [0.5, 0.6) is 0 Å². The maximum atomic E-state index is 11.5. The molecule has 0 aromatic heterocycles. The van der Waals surface area contributed by atoms with Crippen molar-refractivity contribution < 1.29 is 19.1 Å². The minimum absolute atomic E-state index is 0.0112. The predicted octanol–water partition coefficient (Wildman–Crippen LogP) is 2.01. The van der Waals surface area contributed by atoms with Crippen LogP contribution in [0.4, 0.5) is 0 Å². The summed E-state index contributed by atoms with van der Waals surface area (Å²) >= 11 is 0. The molecule has 24 heavy (non-hydrogen) atoms. The third-order valence-electron chi connectivity index (χ3n) is 2.49. The SMILES string of the molecule is CCC#CCNC(=O)COCCOCSSC(C)NC(=O)C(C)C. The van der Waals surface area contributed by atoms with E-state index >= 15 is 0 Å². The maximum Gasteiger partial charge on any atom is 0.246 e. The van der Waals surface area contributed by atoms with Crippen LogP contribution in [0.1, 0.15) is 34.1 Å². The molecule has 0 rings (SSSR count). The number of amides is 2. The Morgan fingerprint density at radius 3 is 2.50 bits per heavy atom. The molecule has 0 saturated heterocycles. The number of carbonyl (C=O) groups is 2. The summed E-state index contributed by atoms with van der Waals surface area (Å²) in [5.41, 5.74) is 0. The van der Waals surface area contributed by atoms with Gasteiger partial charge in [0.2, 0.25) is 11.8 Å². The molecule has 0 fully saturated rings. The lowest BCUT2D eigenvalue weighted by Gasteiger charge is -2.14. The Hall–Kier alpha value is -0.880. The zero-order chi connectivity index (χ0) is 18.2. The summed E-state index contributed by atoms with van der Waals surface area (Å²) in [5, 5.41) is 5.57. The van der Waals surface area contributed by atoms with Gasteiger partial charge in [-0.15, -0.1) is 5.92 Å². The second-order valence-electron chi connectivity index (χ2n) is 5.08. The van der Waals surface area contributed by atoms with E-state index in [1.807, 2.05) is 27.7 Å². The lowest BCUT2D eigenvalue weighted by atomic mass is 10.2. The second-order valence-corrected chi connectivity index (χ2v) is 7.74. The minimum Gasteiger partial charge on any atom is -0.369 e. The Kier molecular flexibility index (Phi) is 15.1. The smallest absolute Gasteiger partial charge is 0.246 e. The second kappa shape index (κ2) is 15.6. The van der Waals surface area contributed by atoms with Crippen LogP contribution in [0.25, 0.3) is 0 Å². The Morgan fingerprint density at radius 1 is 1.12 bits per heavy atom. The molecule has 1 atom stereocenters. The van der Waals surface area contributed by atoms with Crippen molar-refractivity contribution in [2.75, 3.05) is 32.3 Å². The average molecular weight is 377 g/mol. The minimum atomic E-state index is -0.181. The Bertz CT molecular complexity index is 422. The van der Waals surface area contributed by atoms with Gasteiger partial charge in [-0.3, -0.25) is 9.59 Å². The molecule has 0 aliphatic rings. The molecule has 0 bridgehead atoms. The predicted molar refractivity (Wildman–Crippen MR) is 100 cm³/mol. The van der Waals surface area contributed by atoms with Gasteiger partial charge in [0, 0.05) is 12.3 Å². The van der Waals surface area contributed by atoms with E-state index in [1.54, 1.807) is 10.8 Å². The summed E-state index contributed by atoms with van der Waals surface area (Å²) in [6, 6.07) is 0. The van der Waals surface area contributed by atoms with Crippen molar-refractivity contribution in [1.82, 2.24) is 10.6 Å². The van der Waals surface area contributed by atoms with Crippen LogP contribution in [-0.4, -0.2) is 49.5 Å². The van der Waals surface area contributed by atoms with Crippen molar-refractivity contribution in [1.29, 1.82) is 0 Å². The van der Waals surface area contributed by atoms with Gasteiger partial charge in [0.15, 0.2) is 0 Å². The molecule has 0 radical (unpaired) electrons. The molecule has 0 aliphatic carbocycles. The van der Waals surface area contributed by atoms with E-state index in [9.17, 15) is 9.59 Å². The number of carbonyl (C=O) groups excluding carboxylic acids is 2. The van der Waals surface area contributed by atoms with Gasteiger partial charge in [-0.05, 0) is 6.92 Å². The van der Waals surface area contributed by atoms with E-state index < -0.39 is 0 Å². The van der Waals surface area contributed by atoms with Crippen LogP contribution in [0, 0.1) is 17.8 Å². The van der Waals surface area contributed by atoms with Gasteiger partial charge in [0.25, 0.3) is 0 Å². The standard InChI is InChI=1S/C16H28N2O4S2/c1-5-6-7-8-17-15(19)11-21-9-10-22-12-23-24-14(4)18-16(20)13(2)3/h13-14H,5,8-12H2,1-4H3,(H,17,19)(H,18,20). The molecule has 8 heteroatoms. The number of hydrogen-bond acceptors (Lipinski definition) is 6. The molecule has 2 N–H and O–H groups in total. The van der Waals surface area contributed by atoms with E-state index in [2.05, 4.69) is 22.5 Å². The highest BCUT2D eigenvalue weighted by molar-refractivity contribution is 8.76. The maximum absolute atomic E-state index is 11.5. The first-order chi connectivity index (χ1) is 11.5. The Morgan fingerprint density at radius 2 is 1.83 bits per heavy atom. The quantitative estimate of drug-likeness (QED) is 0.235. The van der Waals surface area contributed by atoms with Crippen LogP contribution in [0.15, 0.2) is 0 Å². The number of rotatable bonds is 12. The summed E-state index contributed by atoms with van der Waals surface area (Å²) in [5.74, 6) is 6.04. The molecule has 6 nitrogen and oxygen atoms in total. The summed E-state index contributed by atoms with van der Waals surface area (Å²) in [6.45, 7) is 8.76. The number of ether oxygens (including phenoxy) is 2. The molecule has 0 aliphatic heterocycles. The summed E-state index contributed by atoms with van der Waals surface area (Å²) in [4.78, 5) is 22.9. The molecular weight excluding hydrogens is 348 g/mol. The first-order valence-electron chi connectivity index (χ1n) is 7.93. The first-order valence-corrected chi connectivity index (χ1v) is 10.3. The van der Waals surface area contributed by atoms with Crippen molar-refractivity contribution in [3.8, 4) is 11.8 Å². The largest absolute Gasteiger partial charge is 0.369 e. The van der Waals surface area contributed by atoms with Crippen LogP contribution in [-0.2, 0) is 19.1 Å². The fraction of sp³-hybridized carbons (Fsp3) is 0.750. The zero-order valence-electron chi connectivity index (χ0n) is 14.8. The van der Waals surface area contributed by atoms with Gasteiger partial charge in [0.05, 0.1) is 25.1 Å². The molecule has 0 saturated carbocycles. The van der Waals surface area contributed by atoms with Crippen molar-refractivity contribution in [3.63, 3.8) is 0 Å². The fourth-order valence-corrected chi connectivity index (χ4v) is 3.02. The molecule has 0 aromatic carbocycles. The summed E-state index contributed by atoms with van der Waals surface area (Å²) < 4.78 is 10.6. The summed E-state index contributed by atoms with van der Waals surface area (Å²) in [7, 11) is 3.07. The van der Waals surface area contributed by atoms with Crippen LogP contribution in [0.2, 0.25) is 0 Å². The Labute approximate surface area is 153 Å². The van der Waals surface area contributed by atoms with Gasteiger partial charge in [-0.1, -0.05) is 48.3 Å². The normalized spacial score (nSPS) is 11.5. The van der Waals surface area contributed by atoms with Crippen molar-refractivity contribution in [2.45, 2.75) is 39.5 Å². The van der Waals surface area contributed by atoms with Gasteiger partial charge < -0.3 is 20.1 Å². The molecular formula is C16H28N2O4S2. The van der Waals surface area contributed by atoms with Crippen molar-refractivity contribution in [3.05, 3.63) is 0 Å². The third kappa shape index (κ3) is 14.7. The highest BCUT2D eigenvalue weighted by Gasteiger charge is 2.10. The van der Waals surface area contributed by atoms with Crippen molar-refractivity contribution in [2.24, 2.45) is 5.92 Å². The monoisotopic (exact) mass is 376 g/mol. The lowest BCUT2D eigenvalue weighted by Crippen LogP contribution is -2.33. The van der Waals surface area contributed by atoms with Gasteiger partial charge in [-0.25, -0.2) is 0 Å². The number of hydrogen-bond donors (Lipinski definition) is 2. The van der Waals surface area contributed by atoms with E-state index in [0.717, 1.165) is 6.42 Å². The highest BCUT2D eigenvalue weighted by atomic mass is 33.1. The molecule has 1 unspecified atom stereocenters. The average Bonchev–Trinajstić information content (AvgIpc) is 2.53. The van der Waals surface area contributed by atoms with E-state index in [0.29, 0.717) is 25.7 Å². The lowest BCUT2D eigenvalue weighted by molar-refractivity contribution is -0.126. The molecule has 138 valence electrons. The first kappa shape index (κ1) is 23.1. The van der Waals surface area contributed by atoms with Crippen LogP contribution in [0.3, 0.4) is 0 Å². The van der Waals surface area contributed by atoms with Gasteiger partial charge >= 0.3 is 0 Å². The van der Waals surface area contributed by atoms with Gasteiger partial charge in [-0.2, -0.15) is 0 Å². The Balaban J connectivity index is 3.42. The van der Waals surface area contributed by atoms with Crippen molar-refractivity contribution >= 4 is 33.4 Å². The molecule has 2 amide bonds. The number of nitrogens with one attached hydrogen (secondary N) is 2. The van der Waals surface area contributed by atoms with E-state index in [4.69, 9.17) is 9.47 Å². The molecule has 0 spiro atoms. The third-order valence-corrected chi connectivity index (χ3v) is 4.86. The van der Waals surface area contributed by atoms with E-state index in [-0.39, 0.29) is 29.7 Å². The van der Waals surface area contributed by atoms with E-state index in [1.165, 1.54) is 10.8 Å².